The van der Waals surface area contributed by atoms with E-state index < -0.39 is 12.1 Å². The Bertz CT molecular complexity index is 483. The highest BCUT2D eigenvalue weighted by Gasteiger charge is 2.30. The maximum Gasteiger partial charge on any atom is 0.334 e. The summed E-state index contributed by atoms with van der Waals surface area (Å²) in [5.41, 5.74) is 0.333. The fourth-order valence-electron chi connectivity index (χ4n) is 1.88. The van der Waals surface area contributed by atoms with Gasteiger partial charge in [0, 0.05) is 18.8 Å². The largest absolute Gasteiger partial charge is 0.479 e. The van der Waals surface area contributed by atoms with Crippen LogP contribution in [0.3, 0.4) is 0 Å². The molecule has 1 atom stereocenters. The zero-order chi connectivity index (χ0) is 14.0. The van der Waals surface area contributed by atoms with Gasteiger partial charge in [0.25, 0.3) is 5.91 Å². The molecule has 0 radical (unpaired) electrons. The summed E-state index contributed by atoms with van der Waals surface area (Å²) < 4.78 is 6.78. The molecule has 0 aromatic carbocycles. The van der Waals surface area contributed by atoms with Crippen molar-refractivity contribution in [2.75, 3.05) is 19.7 Å². The van der Waals surface area contributed by atoms with Gasteiger partial charge in [-0.15, -0.1) is 0 Å². The van der Waals surface area contributed by atoms with Gasteiger partial charge in [0.2, 0.25) is 0 Å². The maximum atomic E-state index is 12.2. The number of morpholine rings is 1. The van der Waals surface area contributed by atoms with Crippen LogP contribution in [0, 0.1) is 0 Å². The SMILES string of the molecule is CC(C)n1ccc(C(=O)N2CCO[C@@H](C(=O)O)C2)n1. The third kappa shape index (κ3) is 2.93. The lowest BCUT2D eigenvalue weighted by Gasteiger charge is -2.30. The summed E-state index contributed by atoms with van der Waals surface area (Å²) in [4.78, 5) is 24.5. The molecule has 0 unspecified atom stereocenters. The Morgan fingerprint density at radius 3 is 2.84 bits per heavy atom. The van der Waals surface area contributed by atoms with Gasteiger partial charge in [-0.1, -0.05) is 0 Å². The molecule has 1 saturated heterocycles. The molecule has 1 aromatic heterocycles. The van der Waals surface area contributed by atoms with E-state index in [0.29, 0.717) is 12.2 Å². The summed E-state index contributed by atoms with van der Waals surface area (Å²) in [6.07, 6.45) is 0.789. The van der Waals surface area contributed by atoms with Crippen molar-refractivity contribution in [1.82, 2.24) is 14.7 Å². The molecule has 0 saturated carbocycles. The Labute approximate surface area is 110 Å². The fraction of sp³-hybridized carbons (Fsp3) is 0.583. The normalized spacial score (nSPS) is 19.7. The van der Waals surface area contributed by atoms with Crippen LogP contribution in [0.5, 0.6) is 0 Å². The molecule has 1 amide bonds. The number of carboxylic acid groups (broad SMARTS) is 1. The monoisotopic (exact) mass is 267 g/mol. The minimum Gasteiger partial charge on any atom is -0.479 e. The van der Waals surface area contributed by atoms with Gasteiger partial charge in [0.1, 0.15) is 5.69 Å². The van der Waals surface area contributed by atoms with Crippen LogP contribution in [0.15, 0.2) is 12.3 Å². The van der Waals surface area contributed by atoms with Crippen LogP contribution in [0.25, 0.3) is 0 Å². The van der Waals surface area contributed by atoms with E-state index in [-0.39, 0.29) is 25.1 Å². The van der Waals surface area contributed by atoms with E-state index in [0.717, 1.165) is 0 Å². The molecule has 1 fully saturated rings. The topological polar surface area (TPSA) is 84.7 Å². The van der Waals surface area contributed by atoms with Gasteiger partial charge in [-0.25, -0.2) is 4.79 Å². The van der Waals surface area contributed by atoms with Crippen LogP contribution in [-0.4, -0.2) is 57.5 Å². The average molecular weight is 267 g/mol. The van der Waals surface area contributed by atoms with E-state index in [4.69, 9.17) is 9.84 Å². The van der Waals surface area contributed by atoms with Crippen molar-refractivity contribution >= 4 is 11.9 Å². The van der Waals surface area contributed by atoms with E-state index in [1.165, 1.54) is 4.90 Å². The van der Waals surface area contributed by atoms with Crippen LogP contribution in [0.2, 0.25) is 0 Å². The molecule has 2 heterocycles. The number of ether oxygens (including phenoxy) is 1. The lowest BCUT2D eigenvalue weighted by Crippen LogP contribution is -2.48. The molecule has 0 spiro atoms. The van der Waals surface area contributed by atoms with Crippen LogP contribution in [0.4, 0.5) is 0 Å². The predicted octanol–water partition coefficient (Wildman–Crippen LogP) is 0.390. The molecule has 7 nitrogen and oxygen atoms in total. The van der Waals surface area contributed by atoms with Crippen molar-refractivity contribution in [1.29, 1.82) is 0 Å². The van der Waals surface area contributed by atoms with Crippen LogP contribution < -0.4 is 0 Å². The lowest BCUT2D eigenvalue weighted by atomic mass is 10.2. The Balaban J connectivity index is 2.08. The summed E-state index contributed by atoms with van der Waals surface area (Å²) in [7, 11) is 0. The van der Waals surface area contributed by atoms with Gasteiger partial charge < -0.3 is 14.7 Å². The summed E-state index contributed by atoms with van der Waals surface area (Å²) in [5, 5.41) is 13.1. The van der Waals surface area contributed by atoms with Gasteiger partial charge in [0.15, 0.2) is 6.10 Å². The van der Waals surface area contributed by atoms with Crippen molar-refractivity contribution in [3.05, 3.63) is 18.0 Å². The van der Waals surface area contributed by atoms with Gasteiger partial charge in [-0.2, -0.15) is 5.10 Å². The van der Waals surface area contributed by atoms with Crippen LogP contribution >= 0.6 is 0 Å². The minimum absolute atomic E-state index is 0.0582. The molecule has 104 valence electrons. The first-order valence-electron chi connectivity index (χ1n) is 6.18. The molecule has 0 aliphatic carbocycles. The number of rotatable bonds is 3. The second-order valence-electron chi connectivity index (χ2n) is 4.72. The number of nitrogens with zero attached hydrogens (tertiary/aromatic N) is 3. The smallest absolute Gasteiger partial charge is 0.334 e. The van der Waals surface area contributed by atoms with Crippen molar-refractivity contribution in [2.45, 2.75) is 26.0 Å². The van der Waals surface area contributed by atoms with Gasteiger partial charge in [0.05, 0.1) is 13.2 Å². The van der Waals surface area contributed by atoms with Crippen molar-refractivity contribution in [3.63, 3.8) is 0 Å². The fourth-order valence-corrected chi connectivity index (χ4v) is 1.88. The second kappa shape index (κ2) is 5.40. The Morgan fingerprint density at radius 1 is 1.53 bits per heavy atom. The number of hydrogen-bond acceptors (Lipinski definition) is 4. The third-order valence-corrected chi connectivity index (χ3v) is 2.99. The van der Waals surface area contributed by atoms with Crippen LogP contribution in [-0.2, 0) is 9.53 Å². The number of aliphatic carboxylic acids is 1. The number of carbonyl (C=O) groups excluding carboxylic acids is 1. The third-order valence-electron chi connectivity index (χ3n) is 2.99. The van der Waals surface area contributed by atoms with Crippen molar-refractivity contribution < 1.29 is 19.4 Å². The molecule has 1 N–H and O–H groups in total. The molecule has 0 bridgehead atoms. The van der Waals surface area contributed by atoms with E-state index in [2.05, 4.69) is 5.10 Å². The summed E-state index contributed by atoms with van der Waals surface area (Å²) in [6.45, 7) is 4.61. The minimum atomic E-state index is -1.05. The Morgan fingerprint density at radius 2 is 2.26 bits per heavy atom. The quantitative estimate of drug-likeness (QED) is 0.856. The molecule has 7 heteroatoms. The Hall–Kier alpha value is -1.89. The number of amides is 1. The van der Waals surface area contributed by atoms with Gasteiger partial charge >= 0.3 is 5.97 Å². The Kier molecular flexibility index (Phi) is 3.84. The van der Waals surface area contributed by atoms with E-state index in [1.807, 2.05) is 13.8 Å². The second-order valence-corrected chi connectivity index (χ2v) is 4.72. The average Bonchev–Trinajstić information content (AvgIpc) is 2.87. The number of hydrogen-bond donors (Lipinski definition) is 1. The van der Waals surface area contributed by atoms with Gasteiger partial charge in [-0.05, 0) is 19.9 Å². The molecule has 2 rings (SSSR count). The van der Waals surface area contributed by atoms with Crippen molar-refractivity contribution in [3.8, 4) is 0 Å². The number of carboxylic acids is 1. The van der Waals surface area contributed by atoms with E-state index >= 15 is 0 Å². The van der Waals surface area contributed by atoms with Gasteiger partial charge in [-0.3, -0.25) is 9.48 Å². The highest BCUT2D eigenvalue weighted by Crippen LogP contribution is 2.11. The summed E-state index contributed by atoms with van der Waals surface area (Å²) in [6, 6.07) is 1.83. The number of aromatic nitrogens is 2. The summed E-state index contributed by atoms with van der Waals surface area (Å²) in [5.74, 6) is -1.31. The maximum absolute atomic E-state index is 12.2. The zero-order valence-electron chi connectivity index (χ0n) is 10.9. The molecule has 19 heavy (non-hydrogen) atoms. The molecular weight excluding hydrogens is 250 g/mol. The zero-order valence-corrected chi connectivity index (χ0v) is 10.9. The highest BCUT2D eigenvalue weighted by molar-refractivity contribution is 5.92. The van der Waals surface area contributed by atoms with Crippen molar-refractivity contribution in [2.24, 2.45) is 0 Å². The number of carbonyl (C=O) groups is 2. The van der Waals surface area contributed by atoms with Crippen LogP contribution in [0.1, 0.15) is 30.4 Å². The van der Waals surface area contributed by atoms with E-state index in [1.54, 1.807) is 16.9 Å². The first-order valence-corrected chi connectivity index (χ1v) is 6.18. The summed E-state index contributed by atoms with van der Waals surface area (Å²) >= 11 is 0. The molecule has 1 aliphatic rings. The molecule has 1 aliphatic heterocycles. The standard InChI is InChI=1S/C12H17N3O4/c1-8(2)15-4-3-9(13-15)11(16)14-5-6-19-10(7-14)12(17)18/h3-4,8,10H,5-7H2,1-2H3,(H,17,18)/t10-/m1/s1. The van der Waals surface area contributed by atoms with E-state index in [9.17, 15) is 9.59 Å². The molecule has 1 aromatic rings. The predicted molar refractivity (Wildman–Crippen MR) is 65.9 cm³/mol. The lowest BCUT2D eigenvalue weighted by molar-refractivity contribution is -0.154. The highest BCUT2D eigenvalue weighted by atomic mass is 16.5. The molecular formula is C12H17N3O4. The first kappa shape index (κ1) is 13.5. The first-order chi connectivity index (χ1) is 8.99.